The maximum absolute atomic E-state index is 12.1. The molecule has 2 aromatic carbocycles. The third-order valence-electron chi connectivity index (χ3n) is 4.33. The first-order chi connectivity index (χ1) is 13.8. The van der Waals surface area contributed by atoms with Gasteiger partial charge < -0.3 is 9.73 Å². The second kappa shape index (κ2) is 9.08. The van der Waals surface area contributed by atoms with Crippen LogP contribution in [-0.4, -0.2) is 23.2 Å². The highest BCUT2D eigenvalue weighted by Gasteiger charge is 2.08. The lowest BCUT2D eigenvalue weighted by molar-refractivity contribution is -0.118. The lowest BCUT2D eigenvalue weighted by atomic mass is 10.1. The van der Waals surface area contributed by atoms with Gasteiger partial charge in [0.25, 0.3) is 0 Å². The zero-order valence-corrected chi connectivity index (χ0v) is 16.9. The molecule has 0 aliphatic carbocycles. The topological polar surface area (TPSA) is 55.1 Å². The van der Waals surface area contributed by atoms with Gasteiger partial charge in [0.05, 0.1) is 11.4 Å². The Bertz CT molecular complexity index is 1060. The minimum absolute atomic E-state index is 0.0521. The van der Waals surface area contributed by atoms with Crippen LogP contribution in [0, 0.1) is 0 Å². The van der Waals surface area contributed by atoms with Crippen LogP contribution < -0.4 is 5.32 Å². The van der Waals surface area contributed by atoms with Crippen LogP contribution in [0.4, 0.5) is 0 Å². The van der Waals surface area contributed by atoms with E-state index >= 15 is 0 Å². The van der Waals surface area contributed by atoms with Crippen molar-refractivity contribution in [1.82, 2.24) is 10.3 Å². The quantitative estimate of drug-likeness (QED) is 0.438. The Morgan fingerprint density at radius 1 is 1.11 bits per heavy atom. The van der Waals surface area contributed by atoms with E-state index in [1.807, 2.05) is 30.3 Å². The van der Waals surface area contributed by atoms with E-state index in [0.29, 0.717) is 23.9 Å². The highest BCUT2D eigenvalue weighted by molar-refractivity contribution is 7.99. The average Bonchev–Trinajstić information content (AvgIpc) is 3.36. The Balaban J connectivity index is 1.19. The molecule has 0 aliphatic heterocycles. The first-order valence-electron chi connectivity index (χ1n) is 9.09. The number of fused-ring (bicyclic) bond motifs is 1. The number of benzene rings is 2. The molecule has 0 unspecified atom stereocenters. The number of aromatic nitrogens is 1. The number of nitrogens with one attached hydrogen (secondary N) is 1. The maximum Gasteiger partial charge on any atom is 0.230 e. The number of hydrogen-bond acceptors (Lipinski definition) is 5. The van der Waals surface area contributed by atoms with Gasteiger partial charge in [0, 0.05) is 22.6 Å². The molecular formula is C22H20N2O2S2. The van der Waals surface area contributed by atoms with Gasteiger partial charge in [-0.25, -0.2) is 4.98 Å². The van der Waals surface area contributed by atoms with Gasteiger partial charge in [0.1, 0.15) is 6.26 Å². The molecule has 4 aromatic rings. The minimum atomic E-state index is 0.0521. The molecule has 0 fully saturated rings. The van der Waals surface area contributed by atoms with Crippen molar-refractivity contribution in [3.05, 3.63) is 77.5 Å². The van der Waals surface area contributed by atoms with Crippen LogP contribution in [-0.2, 0) is 17.0 Å². The number of thiophene rings is 1. The second-order valence-corrected chi connectivity index (χ2v) is 8.26. The first-order valence-corrected chi connectivity index (χ1v) is 11.1. The Labute approximate surface area is 172 Å². The molecule has 0 saturated carbocycles. The van der Waals surface area contributed by atoms with E-state index in [9.17, 15) is 4.79 Å². The fourth-order valence-corrected chi connectivity index (χ4v) is 4.68. The molecule has 142 valence electrons. The number of nitrogens with zero attached hydrogens (tertiary/aromatic N) is 1. The monoisotopic (exact) mass is 408 g/mol. The molecule has 0 radical (unpaired) electrons. The van der Waals surface area contributed by atoms with Crippen LogP contribution in [0.1, 0.15) is 11.3 Å². The third-order valence-corrected chi connectivity index (χ3v) is 6.31. The molecule has 0 aliphatic rings. The van der Waals surface area contributed by atoms with Gasteiger partial charge in [0.15, 0.2) is 0 Å². The molecular weight excluding hydrogens is 388 g/mol. The number of oxazole rings is 1. The summed E-state index contributed by atoms with van der Waals surface area (Å²) in [6, 6.07) is 18.2. The summed E-state index contributed by atoms with van der Waals surface area (Å²) in [5.74, 6) is 1.73. The van der Waals surface area contributed by atoms with Crippen LogP contribution >= 0.6 is 23.1 Å². The Kier molecular flexibility index (Phi) is 6.09. The van der Waals surface area contributed by atoms with E-state index in [1.165, 1.54) is 15.6 Å². The van der Waals surface area contributed by atoms with Crippen molar-refractivity contribution in [1.29, 1.82) is 0 Å². The Morgan fingerprint density at radius 3 is 2.82 bits per heavy atom. The molecule has 2 heterocycles. The van der Waals surface area contributed by atoms with Gasteiger partial charge >= 0.3 is 0 Å². The standard InChI is InChI=1S/C22H20N2O2S2/c25-21(23-11-10-17-13-28-20-9-5-4-8-19(17)20)15-27-14-18-12-26-22(24-18)16-6-2-1-3-7-16/h1-9,12-13H,10-11,14-15H2,(H,23,25). The van der Waals surface area contributed by atoms with Crippen LogP contribution in [0.3, 0.4) is 0 Å². The summed E-state index contributed by atoms with van der Waals surface area (Å²) in [5.41, 5.74) is 3.10. The van der Waals surface area contributed by atoms with Crippen LogP contribution in [0.25, 0.3) is 21.5 Å². The van der Waals surface area contributed by atoms with Crippen molar-refractivity contribution in [2.24, 2.45) is 0 Å². The summed E-state index contributed by atoms with van der Waals surface area (Å²) < 4.78 is 6.82. The van der Waals surface area contributed by atoms with Gasteiger partial charge in [-0.3, -0.25) is 4.79 Å². The molecule has 0 saturated heterocycles. The summed E-state index contributed by atoms with van der Waals surface area (Å²) in [6.07, 6.45) is 2.51. The SMILES string of the molecule is O=C(CSCc1coc(-c2ccccc2)n1)NCCc1csc2ccccc12. The molecule has 6 heteroatoms. The van der Waals surface area contributed by atoms with Crippen molar-refractivity contribution < 1.29 is 9.21 Å². The van der Waals surface area contributed by atoms with E-state index in [2.05, 4.69) is 39.9 Å². The number of amides is 1. The molecule has 1 N–H and O–H groups in total. The smallest absolute Gasteiger partial charge is 0.230 e. The summed E-state index contributed by atoms with van der Waals surface area (Å²) in [6.45, 7) is 0.655. The zero-order chi connectivity index (χ0) is 19.2. The predicted octanol–water partition coefficient (Wildman–Crippen LogP) is 5.15. The van der Waals surface area contributed by atoms with Crippen LogP contribution in [0.15, 0.2) is 70.7 Å². The number of carbonyl (C=O) groups is 1. The second-order valence-electron chi connectivity index (χ2n) is 6.36. The van der Waals surface area contributed by atoms with Gasteiger partial charge in [-0.2, -0.15) is 0 Å². The third kappa shape index (κ3) is 4.64. The summed E-state index contributed by atoms with van der Waals surface area (Å²) in [5, 5.41) is 6.47. The number of carbonyl (C=O) groups excluding carboxylic acids is 1. The van der Waals surface area contributed by atoms with Crippen LogP contribution in [0.5, 0.6) is 0 Å². The molecule has 28 heavy (non-hydrogen) atoms. The van der Waals surface area contributed by atoms with Crippen molar-refractivity contribution in [3.8, 4) is 11.5 Å². The number of hydrogen-bond donors (Lipinski definition) is 1. The Morgan fingerprint density at radius 2 is 1.93 bits per heavy atom. The highest BCUT2D eigenvalue weighted by Crippen LogP contribution is 2.25. The molecule has 0 bridgehead atoms. The van der Waals surface area contributed by atoms with Gasteiger partial charge in [-0.15, -0.1) is 23.1 Å². The summed E-state index contributed by atoms with van der Waals surface area (Å²) in [7, 11) is 0. The molecule has 0 spiro atoms. The molecule has 4 rings (SSSR count). The van der Waals surface area contributed by atoms with Gasteiger partial charge in [-0.1, -0.05) is 36.4 Å². The summed E-state index contributed by atoms with van der Waals surface area (Å²) in [4.78, 5) is 16.6. The van der Waals surface area contributed by atoms with Crippen molar-refractivity contribution >= 4 is 39.1 Å². The van der Waals surface area contributed by atoms with Gasteiger partial charge in [0.2, 0.25) is 11.8 Å². The van der Waals surface area contributed by atoms with E-state index < -0.39 is 0 Å². The summed E-state index contributed by atoms with van der Waals surface area (Å²) >= 11 is 3.29. The van der Waals surface area contributed by atoms with Crippen LogP contribution in [0.2, 0.25) is 0 Å². The lowest BCUT2D eigenvalue weighted by Crippen LogP contribution is -2.27. The van der Waals surface area contributed by atoms with E-state index in [1.54, 1.807) is 29.4 Å². The van der Waals surface area contributed by atoms with Crippen molar-refractivity contribution in [2.45, 2.75) is 12.2 Å². The number of rotatable bonds is 8. The van der Waals surface area contributed by atoms with E-state index in [4.69, 9.17) is 4.42 Å². The predicted molar refractivity (Wildman–Crippen MR) is 117 cm³/mol. The lowest BCUT2D eigenvalue weighted by Gasteiger charge is -2.04. The Hall–Kier alpha value is -2.57. The molecule has 0 atom stereocenters. The maximum atomic E-state index is 12.1. The number of thioether (sulfide) groups is 1. The van der Waals surface area contributed by atoms with Gasteiger partial charge in [-0.05, 0) is 40.9 Å². The molecule has 1 amide bonds. The average molecular weight is 409 g/mol. The van der Waals surface area contributed by atoms with Crippen molar-refractivity contribution in [2.75, 3.05) is 12.3 Å². The normalized spacial score (nSPS) is 11.0. The minimum Gasteiger partial charge on any atom is -0.444 e. The van der Waals surface area contributed by atoms with E-state index in [0.717, 1.165) is 17.7 Å². The zero-order valence-electron chi connectivity index (χ0n) is 15.3. The van der Waals surface area contributed by atoms with E-state index in [-0.39, 0.29) is 5.91 Å². The molecule has 2 aromatic heterocycles. The van der Waals surface area contributed by atoms with Crippen molar-refractivity contribution in [3.63, 3.8) is 0 Å². The largest absolute Gasteiger partial charge is 0.444 e. The molecule has 4 nitrogen and oxygen atoms in total. The fourth-order valence-electron chi connectivity index (χ4n) is 2.95. The first kappa shape index (κ1) is 18.8. The fraction of sp³-hybridized carbons (Fsp3) is 0.182. The highest BCUT2D eigenvalue weighted by atomic mass is 32.2.